The lowest BCUT2D eigenvalue weighted by atomic mass is 9.93. The van der Waals surface area contributed by atoms with Crippen molar-refractivity contribution in [2.75, 3.05) is 0 Å². The number of nitrogens with zero attached hydrogens (tertiary/aromatic N) is 2. The average molecular weight is 358 g/mol. The van der Waals surface area contributed by atoms with Crippen molar-refractivity contribution in [3.63, 3.8) is 0 Å². The third-order valence-corrected chi connectivity index (χ3v) is 3.90. The van der Waals surface area contributed by atoms with Crippen LogP contribution >= 0.6 is 0 Å². The number of esters is 1. The fraction of sp³-hybridized carbons (Fsp3) is 0.278. The summed E-state index contributed by atoms with van der Waals surface area (Å²) in [5, 5.41) is 21.4. The van der Waals surface area contributed by atoms with Gasteiger partial charge in [0.25, 0.3) is 11.4 Å². The quantitative estimate of drug-likeness (QED) is 0.299. The molecule has 0 spiro atoms. The number of unbranched alkanes of at least 4 members (excludes halogenated alkanes) is 1. The van der Waals surface area contributed by atoms with Gasteiger partial charge in [-0.25, -0.2) is 0 Å². The van der Waals surface area contributed by atoms with Gasteiger partial charge in [-0.3, -0.25) is 25.0 Å². The van der Waals surface area contributed by atoms with Crippen LogP contribution in [0, 0.1) is 20.2 Å². The molecule has 2 aromatic carbocycles. The largest absolute Gasteiger partial charge is 0.426 e. The van der Waals surface area contributed by atoms with Gasteiger partial charge in [0.2, 0.25) is 0 Å². The van der Waals surface area contributed by atoms with E-state index in [9.17, 15) is 25.0 Å². The lowest BCUT2D eigenvalue weighted by Crippen LogP contribution is -2.19. The molecule has 8 heteroatoms. The lowest BCUT2D eigenvalue weighted by molar-refractivity contribution is -0.385. The Kier molecular flexibility index (Phi) is 6.37. The summed E-state index contributed by atoms with van der Waals surface area (Å²) in [6, 6.07) is 11.1. The highest BCUT2D eigenvalue weighted by molar-refractivity contribution is 5.80. The van der Waals surface area contributed by atoms with Gasteiger partial charge in [-0.05, 0) is 24.1 Å². The molecule has 136 valence electrons. The van der Waals surface area contributed by atoms with Crippen molar-refractivity contribution < 1.29 is 19.4 Å². The number of carbonyl (C=O) groups excluding carboxylic acids is 1. The van der Waals surface area contributed by atoms with Crippen LogP contribution in [0.5, 0.6) is 5.75 Å². The molecule has 1 atom stereocenters. The SMILES string of the molecule is CCCCC(C(=O)Oc1ccc([N+](=O)[O-])cc1)c1ccc([N+](=O)[O-])cc1. The summed E-state index contributed by atoms with van der Waals surface area (Å²) in [6.45, 7) is 1.99. The first kappa shape index (κ1) is 19.0. The van der Waals surface area contributed by atoms with Crippen molar-refractivity contribution in [3.8, 4) is 5.75 Å². The van der Waals surface area contributed by atoms with E-state index < -0.39 is 21.7 Å². The van der Waals surface area contributed by atoms with Gasteiger partial charge >= 0.3 is 5.97 Å². The Balaban J connectivity index is 2.17. The van der Waals surface area contributed by atoms with Crippen LogP contribution in [0.3, 0.4) is 0 Å². The van der Waals surface area contributed by atoms with E-state index in [1.165, 1.54) is 36.4 Å². The number of nitro benzene ring substituents is 2. The van der Waals surface area contributed by atoms with Crippen molar-refractivity contribution in [1.29, 1.82) is 0 Å². The summed E-state index contributed by atoms with van der Waals surface area (Å²) >= 11 is 0. The Morgan fingerprint density at radius 2 is 1.46 bits per heavy atom. The summed E-state index contributed by atoms with van der Waals surface area (Å²) in [5.74, 6) is -0.851. The maximum Gasteiger partial charge on any atom is 0.318 e. The van der Waals surface area contributed by atoms with Gasteiger partial charge in [-0.1, -0.05) is 31.9 Å². The second kappa shape index (κ2) is 8.70. The molecule has 0 N–H and O–H groups in total. The monoisotopic (exact) mass is 358 g/mol. The van der Waals surface area contributed by atoms with E-state index >= 15 is 0 Å². The molecule has 0 bridgehead atoms. The standard InChI is InChI=1S/C18H18N2O6/c1-2-3-4-17(13-5-7-14(8-6-13)19(22)23)18(21)26-16-11-9-15(10-12-16)20(24)25/h5-12,17H,2-4H2,1H3. The third-order valence-electron chi connectivity index (χ3n) is 3.90. The summed E-state index contributed by atoms with van der Waals surface area (Å²) in [6.07, 6.45) is 2.21. The van der Waals surface area contributed by atoms with Crippen LogP contribution in [0.1, 0.15) is 37.7 Å². The Labute approximate surface area is 149 Å². The summed E-state index contributed by atoms with van der Waals surface area (Å²) in [7, 11) is 0. The number of hydrogen-bond acceptors (Lipinski definition) is 6. The van der Waals surface area contributed by atoms with Gasteiger partial charge in [0.15, 0.2) is 0 Å². The summed E-state index contributed by atoms with van der Waals surface area (Å²) in [5.41, 5.74) is 0.491. The first-order valence-electron chi connectivity index (χ1n) is 8.13. The topological polar surface area (TPSA) is 113 Å². The van der Waals surface area contributed by atoms with Crippen molar-refractivity contribution in [2.45, 2.75) is 32.1 Å². The van der Waals surface area contributed by atoms with Crippen LogP contribution in [-0.4, -0.2) is 15.8 Å². The van der Waals surface area contributed by atoms with Gasteiger partial charge in [0.1, 0.15) is 5.75 Å². The lowest BCUT2D eigenvalue weighted by Gasteiger charge is -2.16. The van der Waals surface area contributed by atoms with Gasteiger partial charge in [0.05, 0.1) is 15.8 Å². The van der Waals surface area contributed by atoms with Crippen molar-refractivity contribution in [3.05, 3.63) is 74.3 Å². The Morgan fingerprint density at radius 1 is 0.962 bits per heavy atom. The molecule has 0 aliphatic carbocycles. The van der Waals surface area contributed by atoms with E-state index in [1.54, 1.807) is 12.1 Å². The summed E-state index contributed by atoms with van der Waals surface area (Å²) in [4.78, 5) is 33.0. The van der Waals surface area contributed by atoms with Crippen LogP contribution in [0.4, 0.5) is 11.4 Å². The van der Waals surface area contributed by atoms with E-state index in [0.29, 0.717) is 12.0 Å². The number of hydrogen-bond donors (Lipinski definition) is 0. The molecule has 0 radical (unpaired) electrons. The Hall–Kier alpha value is -3.29. The molecule has 0 heterocycles. The molecule has 2 aromatic rings. The zero-order valence-electron chi connectivity index (χ0n) is 14.2. The van der Waals surface area contributed by atoms with Crippen molar-refractivity contribution in [2.24, 2.45) is 0 Å². The molecular weight excluding hydrogens is 340 g/mol. The number of nitro groups is 2. The van der Waals surface area contributed by atoms with E-state index in [4.69, 9.17) is 4.74 Å². The minimum absolute atomic E-state index is 0.0493. The fourth-order valence-corrected chi connectivity index (χ4v) is 2.48. The average Bonchev–Trinajstić information content (AvgIpc) is 2.63. The van der Waals surface area contributed by atoms with Gasteiger partial charge in [-0.2, -0.15) is 0 Å². The molecule has 8 nitrogen and oxygen atoms in total. The van der Waals surface area contributed by atoms with Gasteiger partial charge in [0, 0.05) is 24.3 Å². The highest BCUT2D eigenvalue weighted by Crippen LogP contribution is 2.27. The number of non-ortho nitro benzene ring substituents is 2. The first-order chi connectivity index (χ1) is 12.4. The van der Waals surface area contributed by atoms with Crippen LogP contribution in [0.25, 0.3) is 0 Å². The fourth-order valence-electron chi connectivity index (χ4n) is 2.48. The zero-order chi connectivity index (χ0) is 19.1. The second-order valence-electron chi connectivity index (χ2n) is 5.72. The summed E-state index contributed by atoms with van der Waals surface area (Å²) < 4.78 is 5.35. The highest BCUT2D eigenvalue weighted by atomic mass is 16.6. The second-order valence-corrected chi connectivity index (χ2v) is 5.72. The molecule has 1 unspecified atom stereocenters. The number of benzene rings is 2. The van der Waals surface area contributed by atoms with Crippen LogP contribution < -0.4 is 4.74 Å². The smallest absolute Gasteiger partial charge is 0.318 e. The van der Waals surface area contributed by atoms with E-state index in [1.807, 2.05) is 6.92 Å². The Bertz CT molecular complexity index is 786. The maximum atomic E-state index is 12.6. The minimum atomic E-state index is -0.564. The molecular formula is C18H18N2O6. The molecule has 0 aliphatic heterocycles. The van der Waals surface area contributed by atoms with Crippen LogP contribution in [0.15, 0.2) is 48.5 Å². The molecule has 0 saturated heterocycles. The highest BCUT2D eigenvalue weighted by Gasteiger charge is 2.23. The minimum Gasteiger partial charge on any atom is -0.426 e. The van der Waals surface area contributed by atoms with Gasteiger partial charge < -0.3 is 4.74 Å². The normalized spacial score (nSPS) is 11.6. The maximum absolute atomic E-state index is 12.6. The van der Waals surface area contributed by atoms with E-state index in [2.05, 4.69) is 0 Å². The molecule has 0 saturated carbocycles. The number of carbonyl (C=O) groups is 1. The first-order valence-corrected chi connectivity index (χ1v) is 8.13. The number of rotatable bonds is 8. The molecule has 0 fully saturated rings. The number of ether oxygens (including phenoxy) is 1. The van der Waals surface area contributed by atoms with Gasteiger partial charge in [-0.15, -0.1) is 0 Å². The molecule has 26 heavy (non-hydrogen) atoms. The van der Waals surface area contributed by atoms with Crippen molar-refractivity contribution in [1.82, 2.24) is 0 Å². The molecule has 2 rings (SSSR count). The zero-order valence-corrected chi connectivity index (χ0v) is 14.2. The predicted octanol–water partition coefficient (Wildman–Crippen LogP) is 4.38. The Morgan fingerprint density at radius 3 is 1.92 bits per heavy atom. The molecule has 0 amide bonds. The molecule has 0 aliphatic rings. The van der Waals surface area contributed by atoms with E-state index in [0.717, 1.165) is 12.8 Å². The van der Waals surface area contributed by atoms with Crippen LogP contribution in [0.2, 0.25) is 0 Å². The third kappa shape index (κ3) is 4.85. The predicted molar refractivity (Wildman–Crippen MR) is 94.1 cm³/mol. The van der Waals surface area contributed by atoms with Crippen molar-refractivity contribution >= 4 is 17.3 Å². The van der Waals surface area contributed by atoms with Crippen LogP contribution in [-0.2, 0) is 4.79 Å². The van der Waals surface area contributed by atoms with E-state index in [-0.39, 0.29) is 17.1 Å². The molecule has 0 aromatic heterocycles.